The van der Waals surface area contributed by atoms with Crippen LogP contribution in [0.25, 0.3) is 11.3 Å². The highest BCUT2D eigenvalue weighted by molar-refractivity contribution is 7.89. The van der Waals surface area contributed by atoms with Gasteiger partial charge in [-0.25, -0.2) is 13.4 Å². The Kier molecular flexibility index (Phi) is 5.87. The lowest BCUT2D eigenvalue weighted by molar-refractivity contribution is 0.384. The van der Waals surface area contributed by atoms with Crippen LogP contribution in [0, 0.1) is 0 Å². The number of sulfonamides is 1. The normalized spacial score (nSPS) is 17.1. The number of hydrogen-bond acceptors (Lipinski definition) is 10. The zero-order valence-corrected chi connectivity index (χ0v) is 19.4. The SMILES string of the molecule is COc1ccc(S(=O)(=O)N2CCN(c3nc(-c4ccccc4)cs3)CC2)cc1C1N=NN=N1. The second-order valence-electron chi connectivity index (χ2n) is 7.46. The van der Waals surface area contributed by atoms with Crippen molar-refractivity contribution in [3.8, 4) is 17.0 Å². The minimum atomic E-state index is -3.69. The van der Waals surface area contributed by atoms with Gasteiger partial charge in [-0.15, -0.1) is 21.6 Å². The molecule has 1 fully saturated rings. The van der Waals surface area contributed by atoms with E-state index < -0.39 is 16.2 Å². The summed E-state index contributed by atoms with van der Waals surface area (Å²) in [5.74, 6) is 0.488. The van der Waals surface area contributed by atoms with Crippen LogP contribution in [0.1, 0.15) is 11.7 Å². The molecule has 2 aliphatic heterocycles. The van der Waals surface area contributed by atoms with Crippen molar-refractivity contribution in [3.63, 3.8) is 0 Å². The lowest BCUT2D eigenvalue weighted by Crippen LogP contribution is -2.48. The second-order valence-corrected chi connectivity index (χ2v) is 10.2. The summed E-state index contributed by atoms with van der Waals surface area (Å²) in [4.78, 5) is 7.05. The molecule has 1 saturated heterocycles. The molecule has 2 aromatic carbocycles. The Labute approximate surface area is 195 Å². The largest absolute Gasteiger partial charge is 0.496 e. The third kappa shape index (κ3) is 4.24. The van der Waals surface area contributed by atoms with Gasteiger partial charge in [-0.3, -0.25) is 0 Å². The summed E-state index contributed by atoms with van der Waals surface area (Å²) in [6.07, 6.45) is -0.698. The molecule has 170 valence electrons. The average Bonchev–Trinajstić information content (AvgIpc) is 3.57. The number of rotatable bonds is 6. The van der Waals surface area contributed by atoms with Gasteiger partial charge in [-0.05, 0) is 28.6 Å². The molecule has 0 atom stereocenters. The van der Waals surface area contributed by atoms with Gasteiger partial charge in [0.1, 0.15) is 5.75 Å². The molecule has 2 aliphatic rings. The number of piperazine rings is 1. The molecule has 12 heteroatoms. The van der Waals surface area contributed by atoms with Gasteiger partial charge in [0.25, 0.3) is 0 Å². The van der Waals surface area contributed by atoms with Gasteiger partial charge < -0.3 is 9.64 Å². The average molecular weight is 484 g/mol. The topological polar surface area (TPSA) is 112 Å². The number of benzene rings is 2. The maximum absolute atomic E-state index is 13.3. The van der Waals surface area contributed by atoms with Crippen LogP contribution in [0.15, 0.2) is 79.5 Å². The van der Waals surface area contributed by atoms with Crippen molar-refractivity contribution in [2.75, 3.05) is 38.2 Å². The van der Waals surface area contributed by atoms with Crippen LogP contribution < -0.4 is 9.64 Å². The summed E-state index contributed by atoms with van der Waals surface area (Å²) in [5.41, 5.74) is 2.51. The van der Waals surface area contributed by atoms with Crippen molar-refractivity contribution < 1.29 is 13.2 Å². The van der Waals surface area contributed by atoms with Crippen molar-refractivity contribution in [1.29, 1.82) is 0 Å². The number of aromatic nitrogens is 1. The second kappa shape index (κ2) is 8.96. The fourth-order valence-electron chi connectivity index (χ4n) is 3.79. The van der Waals surface area contributed by atoms with Gasteiger partial charge in [-0.2, -0.15) is 4.31 Å². The summed E-state index contributed by atoms with van der Waals surface area (Å²) in [6, 6.07) is 14.7. The Morgan fingerprint density at radius 1 is 1.00 bits per heavy atom. The van der Waals surface area contributed by atoms with Crippen molar-refractivity contribution in [1.82, 2.24) is 9.29 Å². The highest BCUT2D eigenvalue weighted by Gasteiger charge is 2.31. The summed E-state index contributed by atoms with van der Waals surface area (Å²) < 4.78 is 33.5. The van der Waals surface area contributed by atoms with E-state index in [-0.39, 0.29) is 4.90 Å². The fourth-order valence-corrected chi connectivity index (χ4v) is 6.13. The molecule has 0 unspecified atom stereocenters. The first-order valence-electron chi connectivity index (χ1n) is 10.3. The van der Waals surface area contributed by atoms with E-state index in [1.54, 1.807) is 29.5 Å². The first-order chi connectivity index (χ1) is 16.1. The molecular weight excluding hydrogens is 462 g/mol. The van der Waals surface area contributed by atoms with Gasteiger partial charge in [0.15, 0.2) is 5.13 Å². The number of methoxy groups -OCH3 is 1. The summed E-state index contributed by atoms with van der Waals surface area (Å²) >= 11 is 1.57. The molecule has 3 aromatic rings. The minimum absolute atomic E-state index is 0.171. The number of thiazole rings is 1. The van der Waals surface area contributed by atoms with Crippen LogP contribution in [0.2, 0.25) is 0 Å². The van der Waals surface area contributed by atoms with Crippen LogP contribution in [0.4, 0.5) is 5.13 Å². The molecule has 10 nitrogen and oxygen atoms in total. The van der Waals surface area contributed by atoms with Gasteiger partial charge in [0.2, 0.25) is 16.2 Å². The predicted octanol–water partition coefficient (Wildman–Crippen LogP) is 4.16. The molecule has 5 rings (SSSR count). The highest BCUT2D eigenvalue weighted by atomic mass is 32.2. The molecular formula is C21H21N7O3S2. The lowest BCUT2D eigenvalue weighted by atomic mass is 10.1. The molecule has 0 radical (unpaired) electrons. The van der Waals surface area contributed by atoms with Crippen LogP contribution in [0.5, 0.6) is 5.75 Å². The number of hydrogen-bond donors (Lipinski definition) is 0. The van der Waals surface area contributed by atoms with E-state index in [0.717, 1.165) is 16.4 Å². The highest BCUT2D eigenvalue weighted by Crippen LogP contribution is 2.35. The maximum atomic E-state index is 13.3. The molecule has 0 bridgehead atoms. The van der Waals surface area contributed by atoms with E-state index >= 15 is 0 Å². The van der Waals surface area contributed by atoms with Crippen LogP contribution in [-0.2, 0) is 10.0 Å². The third-order valence-corrected chi connectivity index (χ3v) is 8.35. The van der Waals surface area contributed by atoms with Crippen molar-refractivity contribution in [3.05, 3.63) is 59.5 Å². The minimum Gasteiger partial charge on any atom is -0.496 e. The van der Waals surface area contributed by atoms with E-state index in [1.165, 1.54) is 11.4 Å². The molecule has 0 saturated carbocycles. The molecule has 3 heterocycles. The van der Waals surface area contributed by atoms with E-state index in [0.29, 0.717) is 37.5 Å². The third-order valence-electron chi connectivity index (χ3n) is 5.55. The van der Waals surface area contributed by atoms with Crippen LogP contribution >= 0.6 is 11.3 Å². The van der Waals surface area contributed by atoms with Crippen LogP contribution in [-0.4, -0.2) is 51.0 Å². The Hall–Kier alpha value is -3.22. The van der Waals surface area contributed by atoms with Crippen molar-refractivity contribution >= 4 is 26.5 Å². The number of nitrogens with zero attached hydrogens (tertiary/aromatic N) is 7. The standard InChI is InChI=1S/C21H21N7O3S2/c1-31-19-8-7-16(13-17(19)20-23-25-26-24-20)33(29,30)28-11-9-27(10-12-28)21-22-18(14-32-21)15-5-3-2-4-6-15/h2-8,13-14,20H,9-12H2,1H3. The van der Waals surface area contributed by atoms with Gasteiger partial charge in [0.05, 0.1) is 17.7 Å². The molecule has 0 amide bonds. The Morgan fingerprint density at radius 3 is 2.42 bits per heavy atom. The molecule has 1 aromatic heterocycles. The Bertz CT molecular complexity index is 1290. The Morgan fingerprint density at radius 2 is 1.73 bits per heavy atom. The van der Waals surface area contributed by atoms with Crippen LogP contribution in [0.3, 0.4) is 0 Å². The van der Waals surface area contributed by atoms with Gasteiger partial charge in [0, 0.05) is 42.7 Å². The molecule has 0 N–H and O–H groups in total. The number of ether oxygens (including phenoxy) is 1. The zero-order chi connectivity index (χ0) is 22.8. The van der Waals surface area contributed by atoms with E-state index in [9.17, 15) is 8.42 Å². The van der Waals surface area contributed by atoms with Crippen molar-refractivity contribution in [2.24, 2.45) is 20.7 Å². The molecule has 0 aliphatic carbocycles. The maximum Gasteiger partial charge on any atom is 0.243 e. The number of anilines is 1. The fraction of sp³-hybridized carbons (Fsp3) is 0.286. The quantitative estimate of drug-likeness (QED) is 0.522. The predicted molar refractivity (Wildman–Crippen MR) is 124 cm³/mol. The van der Waals surface area contributed by atoms with E-state index in [1.807, 2.05) is 35.7 Å². The van der Waals surface area contributed by atoms with E-state index in [4.69, 9.17) is 9.72 Å². The summed E-state index contributed by atoms with van der Waals surface area (Å²) in [6.45, 7) is 1.86. The van der Waals surface area contributed by atoms with Crippen molar-refractivity contribution in [2.45, 2.75) is 11.1 Å². The Balaban J connectivity index is 1.31. The monoisotopic (exact) mass is 483 g/mol. The van der Waals surface area contributed by atoms with Gasteiger partial charge in [-0.1, -0.05) is 30.3 Å². The summed E-state index contributed by atoms with van der Waals surface area (Å²) in [5, 5.41) is 17.8. The first kappa shape index (κ1) is 21.6. The first-order valence-corrected chi connectivity index (χ1v) is 12.6. The van der Waals surface area contributed by atoms with Gasteiger partial charge >= 0.3 is 0 Å². The lowest BCUT2D eigenvalue weighted by Gasteiger charge is -2.33. The summed E-state index contributed by atoms with van der Waals surface area (Å²) in [7, 11) is -2.18. The molecule has 0 spiro atoms. The molecule has 33 heavy (non-hydrogen) atoms. The smallest absolute Gasteiger partial charge is 0.243 e. The zero-order valence-electron chi connectivity index (χ0n) is 17.8. The van der Waals surface area contributed by atoms with E-state index in [2.05, 4.69) is 25.6 Å².